The number of hydrogen-bond acceptors (Lipinski definition) is 6. The fraction of sp³-hybridized carbons (Fsp3) is 0.261. The van der Waals surface area contributed by atoms with Gasteiger partial charge in [0, 0.05) is 18.7 Å². The Hall–Kier alpha value is -3.45. The molecule has 0 fully saturated rings. The Morgan fingerprint density at radius 3 is 2.57 bits per heavy atom. The summed E-state index contributed by atoms with van der Waals surface area (Å²) in [5, 5.41) is 29.2. The van der Waals surface area contributed by atoms with Crippen LogP contribution in [0.1, 0.15) is 36.5 Å². The number of hydrazone groups is 2. The third-order valence-electron chi connectivity index (χ3n) is 4.81. The number of aryl methyl sites for hydroxylation is 1. The summed E-state index contributed by atoms with van der Waals surface area (Å²) >= 11 is 0. The molecule has 0 radical (unpaired) electrons. The molecule has 0 spiro atoms. The Morgan fingerprint density at radius 1 is 1.07 bits per heavy atom. The highest BCUT2D eigenvalue weighted by atomic mass is 16.3. The van der Waals surface area contributed by atoms with E-state index in [4.69, 9.17) is 5.11 Å². The summed E-state index contributed by atoms with van der Waals surface area (Å²) in [4.78, 5) is 12.5. The smallest absolute Gasteiger partial charge is 0.296 e. The van der Waals surface area contributed by atoms with Crippen LogP contribution in [0.25, 0.3) is 12.2 Å². The summed E-state index contributed by atoms with van der Waals surface area (Å²) in [5.41, 5.74) is 6.75. The van der Waals surface area contributed by atoms with E-state index in [1.807, 2.05) is 43.3 Å². The third kappa shape index (κ3) is 4.93. The lowest BCUT2D eigenvalue weighted by Gasteiger charge is -2.10. The first-order valence-corrected chi connectivity index (χ1v) is 9.89. The molecule has 0 atom stereocenters. The Bertz CT molecular complexity index is 1010. The normalized spacial score (nSPS) is 15.3. The van der Waals surface area contributed by atoms with Gasteiger partial charge in [0.15, 0.2) is 5.71 Å². The van der Waals surface area contributed by atoms with Crippen LogP contribution in [0.2, 0.25) is 0 Å². The number of aliphatic hydroxyl groups is 1. The molecule has 0 aliphatic carbocycles. The second kappa shape index (κ2) is 9.84. The van der Waals surface area contributed by atoms with Crippen LogP contribution in [0.5, 0.6) is 5.75 Å². The number of nitrogens with one attached hydrogen (secondary N) is 1. The molecule has 0 unspecified atom stereocenters. The van der Waals surface area contributed by atoms with Gasteiger partial charge in [-0.05, 0) is 43.9 Å². The highest BCUT2D eigenvalue weighted by Crippen LogP contribution is 2.29. The van der Waals surface area contributed by atoms with Crippen molar-refractivity contribution in [1.29, 1.82) is 0 Å². The minimum atomic E-state index is -0.298. The zero-order valence-corrected chi connectivity index (χ0v) is 17.2. The van der Waals surface area contributed by atoms with Crippen molar-refractivity contribution in [3.8, 4) is 5.75 Å². The molecule has 3 N–H and O–H groups in total. The summed E-state index contributed by atoms with van der Waals surface area (Å²) in [6.07, 6.45) is 5.06. The molecule has 0 aromatic heterocycles. The minimum Gasteiger partial charge on any atom is -0.505 e. The van der Waals surface area contributed by atoms with Crippen LogP contribution in [0.4, 0.5) is 5.69 Å². The number of hydrogen-bond donors (Lipinski definition) is 3. The van der Waals surface area contributed by atoms with Crippen molar-refractivity contribution in [2.24, 2.45) is 10.2 Å². The van der Waals surface area contributed by atoms with Crippen molar-refractivity contribution in [3.63, 3.8) is 0 Å². The van der Waals surface area contributed by atoms with Crippen LogP contribution in [0.3, 0.4) is 0 Å². The number of amides is 1. The van der Waals surface area contributed by atoms with Crippen LogP contribution in [0.15, 0.2) is 52.7 Å². The molecule has 156 valence electrons. The molecule has 3 rings (SSSR count). The van der Waals surface area contributed by atoms with E-state index in [1.54, 1.807) is 25.1 Å². The number of rotatable bonds is 8. The van der Waals surface area contributed by atoms with Gasteiger partial charge >= 0.3 is 0 Å². The molecule has 2 aromatic carbocycles. The maximum atomic E-state index is 12.5. The van der Waals surface area contributed by atoms with Gasteiger partial charge in [0.05, 0.1) is 11.4 Å². The number of nitrogens with zero attached hydrogens (tertiary/aromatic N) is 3. The fourth-order valence-electron chi connectivity index (χ4n) is 3.06. The highest BCUT2D eigenvalue weighted by Gasteiger charge is 2.29. The SMILES string of the molecule is CC1=NN(CCCCO)C(=O)/C1=N\Nc1cccc(/C=C/c2ccccc2C)c1O. The number of aliphatic hydroxyl groups excluding tert-OH is 1. The zero-order chi connectivity index (χ0) is 21.5. The second-order valence-corrected chi connectivity index (χ2v) is 7.05. The largest absolute Gasteiger partial charge is 0.505 e. The number of anilines is 1. The van der Waals surface area contributed by atoms with E-state index in [2.05, 4.69) is 15.6 Å². The topological polar surface area (TPSA) is 97.5 Å². The number of aromatic hydroxyl groups is 1. The van der Waals surface area contributed by atoms with Crippen LogP contribution in [0, 0.1) is 6.92 Å². The molecule has 7 heteroatoms. The van der Waals surface area contributed by atoms with Gasteiger partial charge in [0.2, 0.25) is 0 Å². The monoisotopic (exact) mass is 406 g/mol. The van der Waals surface area contributed by atoms with E-state index in [0.29, 0.717) is 36.3 Å². The van der Waals surface area contributed by atoms with Gasteiger partial charge in [-0.2, -0.15) is 10.2 Å². The first kappa shape index (κ1) is 21.3. The van der Waals surface area contributed by atoms with Gasteiger partial charge in [0.25, 0.3) is 5.91 Å². The number of carbonyl (C=O) groups excluding carboxylic acids is 1. The Kier molecular flexibility index (Phi) is 6.98. The lowest BCUT2D eigenvalue weighted by molar-refractivity contribution is -0.123. The zero-order valence-electron chi connectivity index (χ0n) is 17.2. The first-order valence-electron chi connectivity index (χ1n) is 9.89. The van der Waals surface area contributed by atoms with Gasteiger partial charge in [-0.1, -0.05) is 48.6 Å². The van der Waals surface area contributed by atoms with E-state index in [9.17, 15) is 9.90 Å². The van der Waals surface area contributed by atoms with Gasteiger partial charge in [-0.15, -0.1) is 0 Å². The van der Waals surface area contributed by atoms with E-state index < -0.39 is 0 Å². The molecule has 7 nitrogen and oxygen atoms in total. The average molecular weight is 406 g/mol. The number of unbranched alkanes of at least 4 members (excludes halogenated alkanes) is 1. The second-order valence-electron chi connectivity index (χ2n) is 7.05. The summed E-state index contributed by atoms with van der Waals surface area (Å²) in [7, 11) is 0. The van der Waals surface area contributed by atoms with Crippen molar-refractivity contribution < 1.29 is 15.0 Å². The Balaban J connectivity index is 1.73. The fourth-order valence-corrected chi connectivity index (χ4v) is 3.06. The lowest BCUT2D eigenvalue weighted by atomic mass is 10.1. The van der Waals surface area contributed by atoms with E-state index in [-0.39, 0.29) is 24.0 Å². The van der Waals surface area contributed by atoms with Crippen molar-refractivity contribution in [1.82, 2.24) is 5.01 Å². The van der Waals surface area contributed by atoms with Crippen LogP contribution >= 0.6 is 0 Å². The molecular formula is C23H26N4O3. The average Bonchev–Trinajstić information content (AvgIpc) is 3.00. The summed E-state index contributed by atoms with van der Waals surface area (Å²) in [5.74, 6) is -0.250. The molecule has 0 saturated heterocycles. The van der Waals surface area contributed by atoms with E-state index in [0.717, 1.165) is 11.1 Å². The van der Waals surface area contributed by atoms with Gasteiger partial charge in [-0.25, -0.2) is 5.01 Å². The van der Waals surface area contributed by atoms with Crippen LogP contribution < -0.4 is 5.43 Å². The van der Waals surface area contributed by atoms with Gasteiger partial charge in [-0.3, -0.25) is 10.2 Å². The summed E-state index contributed by atoms with van der Waals surface area (Å²) < 4.78 is 0. The number of benzene rings is 2. The molecule has 0 bridgehead atoms. The molecule has 1 aliphatic heterocycles. The standard InChI is InChI=1S/C23H26N4O3/c1-16-8-3-4-9-18(16)12-13-19-10-7-11-20(22(19)29)24-25-21-17(2)26-27(23(21)30)14-5-6-15-28/h3-4,7-13,24,28-29H,5-6,14-15H2,1-2H3/b13-12+,25-21-. The number of para-hydroxylation sites is 1. The number of carbonyl (C=O) groups is 1. The molecule has 2 aromatic rings. The predicted octanol–water partition coefficient (Wildman–Crippen LogP) is 3.63. The first-order chi connectivity index (χ1) is 14.5. The molecule has 1 aliphatic rings. The van der Waals surface area contributed by atoms with Crippen molar-refractivity contribution >= 4 is 35.2 Å². The quantitative estimate of drug-likeness (QED) is 0.270. The van der Waals surface area contributed by atoms with Crippen molar-refractivity contribution in [3.05, 3.63) is 59.2 Å². The molecule has 1 heterocycles. The van der Waals surface area contributed by atoms with E-state index in [1.165, 1.54) is 5.01 Å². The Morgan fingerprint density at radius 2 is 1.80 bits per heavy atom. The van der Waals surface area contributed by atoms with Crippen LogP contribution in [-0.2, 0) is 4.79 Å². The van der Waals surface area contributed by atoms with Crippen molar-refractivity contribution in [2.45, 2.75) is 26.7 Å². The van der Waals surface area contributed by atoms with Crippen LogP contribution in [-0.4, -0.2) is 45.7 Å². The van der Waals surface area contributed by atoms with E-state index >= 15 is 0 Å². The molecule has 30 heavy (non-hydrogen) atoms. The Labute approximate surface area is 176 Å². The van der Waals surface area contributed by atoms with Crippen molar-refractivity contribution in [2.75, 3.05) is 18.6 Å². The predicted molar refractivity (Wildman–Crippen MR) is 120 cm³/mol. The van der Waals surface area contributed by atoms with Gasteiger partial charge in [0.1, 0.15) is 5.75 Å². The highest BCUT2D eigenvalue weighted by molar-refractivity contribution is 6.68. The minimum absolute atomic E-state index is 0.0477. The lowest BCUT2D eigenvalue weighted by Crippen LogP contribution is -2.29. The number of phenolic OH excluding ortho intramolecular Hbond substituents is 1. The maximum absolute atomic E-state index is 12.5. The third-order valence-corrected chi connectivity index (χ3v) is 4.81. The maximum Gasteiger partial charge on any atom is 0.296 e. The summed E-state index contributed by atoms with van der Waals surface area (Å²) in [6, 6.07) is 13.3. The molecule has 1 amide bonds. The molecular weight excluding hydrogens is 380 g/mol. The molecule has 0 saturated carbocycles. The van der Waals surface area contributed by atoms with Gasteiger partial charge < -0.3 is 10.2 Å². The number of phenols is 1. The summed E-state index contributed by atoms with van der Waals surface area (Å²) in [6.45, 7) is 4.26.